The van der Waals surface area contributed by atoms with E-state index in [0.29, 0.717) is 25.7 Å². The average Bonchev–Trinajstić information content (AvgIpc) is 2.31. The van der Waals surface area contributed by atoms with Crippen LogP contribution in [0, 0.1) is 0 Å². The number of esters is 1. The molecule has 0 aromatic rings. The van der Waals surface area contributed by atoms with Gasteiger partial charge in [-0.3, -0.25) is 0 Å². The lowest BCUT2D eigenvalue weighted by Gasteiger charge is -2.15. The van der Waals surface area contributed by atoms with Gasteiger partial charge < -0.3 is 14.6 Å². The molecule has 110 valence electrons. The van der Waals surface area contributed by atoms with Crippen LogP contribution in [0.1, 0.15) is 32.1 Å². The Bertz CT molecular complexity index is 313. The smallest absolute Gasteiger partial charge is 0.414 e. The number of hydrogen-bond acceptors (Lipinski definition) is 4. The molecule has 0 aliphatic rings. The van der Waals surface area contributed by atoms with Crippen molar-refractivity contribution in [3.63, 3.8) is 0 Å². The first-order chi connectivity index (χ1) is 8.79. The topological polar surface area (TPSA) is 63.6 Å². The van der Waals surface area contributed by atoms with E-state index in [0.717, 1.165) is 6.29 Å². The van der Waals surface area contributed by atoms with E-state index < -0.39 is 30.2 Å². The zero-order valence-corrected chi connectivity index (χ0v) is 10.4. The molecule has 1 atom stereocenters. The van der Waals surface area contributed by atoms with Gasteiger partial charge in [0.15, 0.2) is 6.10 Å². The maximum absolute atomic E-state index is 12.0. The molecule has 0 fully saturated rings. The molecule has 1 unspecified atom stereocenters. The van der Waals surface area contributed by atoms with Gasteiger partial charge in [-0.05, 0) is 19.3 Å². The number of carbonyl (C=O) groups excluding carboxylic acids is 2. The number of aliphatic hydroxyl groups is 1. The molecule has 0 aliphatic heterocycles. The van der Waals surface area contributed by atoms with E-state index in [1.165, 1.54) is 0 Å². The van der Waals surface area contributed by atoms with Gasteiger partial charge in [-0.25, -0.2) is 4.79 Å². The molecular formula is C12H17F3O4. The van der Waals surface area contributed by atoms with Gasteiger partial charge in [-0.1, -0.05) is 6.58 Å². The van der Waals surface area contributed by atoms with E-state index in [1.807, 2.05) is 0 Å². The Balaban J connectivity index is 3.83. The maximum Gasteiger partial charge on any atom is 0.414 e. The average molecular weight is 282 g/mol. The van der Waals surface area contributed by atoms with Crippen LogP contribution < -0.4 is 0 Å². The first-order valence-corrected chi connectivity index (χ1v) is 5.82. The zero-order valence-electron chi connectivity index (χ0n) is 10.4. The SMILES string of the molecule is C=C(CC(O)C(F)(F)F)C(=O)OCCCCCC=O. The highest BCUT2D eigenvalue weighted by Crippen LogP contribution is 2.24. The summed E-state index contributed by atoms with van der Waals surface area (Å²) in [5.74, 6) is -0.946. The van der Waals surface area contributed by atoms with Gasteiger partial charge in [0.1, 0.15) is 6.29 Å². The van der Waals surface area contributed by atoms with Crippen LogP contribution in [0.3, 0.4) is 0 Å². The van der Waals surface area contributed by atoms with Crippen LogP contribution in [0.4, 0.5) is 13.2 Å². The fourth-order valence-corrected chi connectivity index (χ4v) is 1.21. The summed E-state index contributed by atoms with van der Waals surface area (Å²) >= 11 is 0. The predicted molar refractivity (Wildman–Crippen MR) is 61.3 cm³/mol. The van der Waals surface area contributed by atoms with Crippen molar-refractivity contribution in [1.29, 1.82) is 0 Å². The second-order valence-electron chi connectivity index (χ2n) is 4.02. The summed E-state index contributed by atoms with van der Waals surface area (Å²) in [6, 6.07) is 0. The molecule has 19 heavy (non-hydrogen) atoms. The first-order valence-electron chi connectivity index (χ1n) is 5.82. The number of unbranched alkanes of at least 4 members (excludes halogenated alkanes) is 3. The van der Waals surface area contributed by atoms with Crippen molar-refractivity contribution < 1.29 is 32.6 Å². The van der Waals surface area contributed by atoms with Gasteiger partial charge in [0, 0.05) is 18.4 Å². The van der Waals surface area contributed by atoms with E-state index in [-0.39, 0.29) is 6.61 Å². The van der Waals surface area contributed by atoms with Gasteiger partial charge in [-0.2, -0.15) is 13.2 Å². The molecule has 0 aliphatic carbocycles. The number of ether oxygens (including phenoxy) is 1. The number of aliphatic hydroxyl groups excluding tert-OH is 1. The molecule has 0 radical (unpaired) electrons. The predicted octanol–water partition coefficient (Wildman–Crippen LogP) is 2.16. The lowest BCUT2D eigenvalue weighted by Crippen LogP contribution is -2.30. The number of rotatable bonds is 9. The van der Waals surface area contributed by atoms with Crippen molar-refractivity contribution in [2.75, 3.05) is 6.61 Å². The highest BCUT2D eigenvalue weighted by molar-refractivity contribution is 5.87. The molecule has 1 N–H and O–H groups in total. The van der Waals surface area contributed by atoms with Crippen molar-refractivity contribution in [2.24, 2.45) is 0 Å². The summed E-state index contributed by atoms with van der Waals surface area (Å²) in [7, 11) is 0. The van der Waals surface area contributed by atoms with E-state index in [2.05, 4.69) is 6.58 Å². The molecule has 0 saturated carbocycles. The number of alkyl halides is 3. The molecule has 0 spiro atoms. The van der Waals surface area contributed by atoms with Gasteiger partial charge in [0.05, 0.1) is 6.61 Å². The third-order valence-corrected chi connectivity index (χ3v) is 2.31. The van der Waals surface area contributed by atoms with Gasteiger partial charge in [-0.15, -0.1) is 0 Å². The second-order valence-corrected chi connectivity index (χ2v) is 4.02. The Morgan fingerprint density at radius 3 is 2.47 bits per heavy atom. The van der Waals surface area contributed by atoms with Crippen molar-refractivity contribution in [3.05, 3.63) is 12.2 Å². The summed E-state index contributed by atoms with van der Waals surface area (Å²) in [5, 5.41) is 8.75. The van der Waals surface area contributed by atoms with Crippen LogP contribution in [0.25, 0.3) is 0 Å². The molecule has 0 saturated heterocycles. The zero-order chi connectivity index (χ0) is 14.9. The van der Waals surface area contributed by atoms with E-state index in [1.54, 1.807) is 0 Å². The molecule has 0 rings (SSSR count). The summed E-state index contributed by atoms with van der Waals surface area (Å²) in [4.78, 5) is 21.2. The molecule has 0 bridgehead atoms. The summed E-state index contributed by atoms with van der Waals surface area (Å²) in [6.07, 6.45) is -5.19. The normalized spacial score (nSPS) is 12.8. The third-order valence-electron chi connectivity index (χ3n) is 2.31. The van der Waals surface area contributed by atoms with Crippen LogP contribution in [0.15, 0.2) is 12.2 Å². The lowest BCUT2D eigenvalue weighted by atomic mass is 10.1. The second kappa shape index (κ2) is 8.68. The number of hydrogen-bond donors (Lipinski definition) is 1. The Morgan fingerprint density at radius 2 is 1.95 bits per heavy atom. The van der Waals surface area contributed by atoms with Crippen LogP contribution in [-0.4, -0.2) is 36.2 Å². The lowest BCUT2D eigenvalue weighted by molar-refractivity contribution is -0.203. The minimum atomic E-state index is -4.78. The first kappa shape index (κ1) is 17.6. The molecule has 7 heteroatoms. The Kier molecular flexibility index (Phi) is 8.06. The Labute approximate surface area is 109 Å². The highest BCUT2D eigenvalue weighted by atomic mass is 19.4. The summed E-state index contributed by atoms with van der Waals surface area (Å²) in [6.45, 7) is 3.21. The van der Waals surface area contributed by atoms with E-state index in [4.69, 9.17) is 9.84 Å². The maximum atomic E-state index is 12.0. The van der Waals surface area contributed by atoms with Crippen LogP contribution >= 0.6 is 0 Å². The Morgan fingerprint density at radius 1 is 1.32 bits per heavy atom. The molecular weight excluding hydrogens is 265 g/mol. The van der Waals surface area contributed by atoms with Crippen molar-refractivity contribution in [1.82, 2.24) is 0 Å². The van der Waals surface area contributed by atoms with Gasteiger partial charge >= 0.3 is 12.1 Å². The number of carbonyl (C=O) groups is 2. The van der Waals surface area contributed by atoms with Crippen LogP contribution in [0.5, 0.6) is 0 Å². The van der Waals surface area contributed by atoms with Crippen LogP contribution in [0.2, 0.25) is 0 Å². The van der Waals surface area contributed by atoms with Crippen molar-refractivity contribution in [2.45, 2.75) is 44.4 Å². The fourth-order valence-electron chi connectivity index (χ4n) is 1.21. The van der Waals surface area contributed by atoms with Crippen LogP contribution in [-0.2, 0) is 14.3 Å². The molecule has 0 heterocycles. The van der Waals surface area contributed by atoms with E-state index >= 15 is 0 Å². The van der Waals surface area contributed by atoms with Crippen molar-refractivity contribution >= 4 is 12.3 Å². The van der Waals surface area contributed by atoms with Gasteiger partial charge in [0.2, 0.25) is 0 Å². The standard InChI is InChI=1S/C12H17F3O4/c1-9(8-10(17)12(13,14)15)11(18)19-7-5-3-2-4-6-16/h6,10,17H,1-5,7-8H2. The quantitative estimate of drug-likeness (QED) is 0.305. The fraction of sp³-hybridized carbons (Fsp3) is 0.667. The third kappa shape index (κ3) is 8.36. The monoisotopic (exact) mass is 282 g/mol. The van der Waals surface area contributed by atoms with E-state index in [9.17, 15) is 22.8 Å². The number of halogens is 3. The minimum Gasteiger partial charge on any atom is -0.462 e. The highest BCUT2D eigenvalue weighted by Gasteiger charge is 2.39. The Hall–Kier alpha value is -1.37. The van der Waals surface area contributed by atoms with Crippen molar-refractivity contribution in [3.8, 4) is 0 Å². The molecule has 0 amide bonds. The molecule has 0 aromatic heterocycles. The molecule has 4 nitrogen and oxygen atoms in total. The largest absolute Gasteiger partial charge is 0.462 e. The number of aldehydes is 1. The molecule has 0 aromatic carbocycles. The summed E-state index contributed by atoms with van der Waals surface area (Å²) in [5.41, 5.74) is -0.419. The minimum absolute atomic E-state index is 0.0544. The van der Waals surface area contributed by atoms with Gasteiger partial charge in [0.25, 0.3) is 0 Å². The summed E-state index contributed by atoms with van der Waals surface area (Å²) < 4.78 is 40.8.